The minimum Gasteiger partial charge on any atom is -0.353 e. The summed E-state index contributed by atoms with van der Waals surface area (Å²) in [6, 6.07) is 7.62. The molecule has 1 amide bonds. The van der Waals surface area contributed by atoms with Gasteiger partial charge in [-0.05, 0) is 24.5 Å². The maximum Gasteiger partial charge on any atom is 0.224 e. The van der Waals surface area contributed by atoms with Gasteiger partial charge in [0.1, 0.15) is 0 Å². The van der Waals surface area contributed by atoms with Crippen molar-refractivity contribution in [2.24, 2.45) is 5.92 Å². The molecule has 1 atom stereocenters. The van der Waals surface area contributed by atoms with E-state index in [0.717, 1.165) is 5.56 Å². The second kappa shape index (κ2) is 5.90. The number of hydrogen-bond acceptors (Lipinski definition) is 1. The summed E-state index contributed by atoms with van der Waals surface area (Å²) in [6.45, 7) is 6.18. The van der Waals surface area contributed by atoms with Crippen LogP contribution in [0.2, 0.25) is 5.02 Å². The molecule has 0 heterocycles. The predicted molar refractivity (Wildman–Crippen MR) is 67.6 cm³/mol. The van der Waals surface area contributed by atoms with Crippen LogP contribution in [-0.2, 0) is 11.2 Å². The van der Waals surface area contributed by atoms with Gasteiger partial charge in [0.15, 0.2) is 0 Å². The molecular formula is C13H18ClNO. The Morgan fingerprint density at radius 3 is 2.50 bits per heavy atom. The maximum atomic E-state index is 11.7. The first-order valence-corrected chi connectivity index (χ1v) is 5.91. The van der Waals surface area contributed by atoms with Crippen molar-refractivity contribution in [3.8, 4) is 0 Å². The van der Waals surface area contributed by atoms with Crippen molar-refractivity contribution in [2.75, 3.05) is 0 Å². The van der Waals surface area contributed by atoms with Gasteiger partial charge in [-0.2, -0.15) is 0 Å². The average Bonchev–Trinajstić information content (AvgIpc) is 2.21. The predicted octanol–water partition coefficient (Wildman–Crippen LogP) is 3.04. The molecule has 0 aromatic heterocycles. The van der Waals surface area contributed by atoms with Crippen molar-refractivity contribution in [3.63, 3.8) is 0 Å². The first kappa shape index (κ1) is 13.0. The fourth-order valence-corrected chi connectivity index (χ4v) is 1.49. The van der Waals surface area contributed by atoms with Crippen molar-refractivity contribution in [3.05, 3.63) is 34.9 Å². The van der Waals surface area contributed by atoms with Crippen LogP contribution in [-0.4, -0.2) is 11.9 Å². The second-order valence-electron chi connectivity index (χ2n) is 4.37. The summed E-state index contributed by atoms with van der Waals surface area (Å²) < 4.78 is 0. The third kappa shape index (κ3) is 3.86. The highest BCUT2D eigenvalue weighted by Gasteiger charge is 2.12. The fraction of sp³-hybridized carbons (Fsp3) is 0.462. The van der Waals surface area contributed by atoms with Gasteiger partial charge in [0.2, 0.25) is 5.91 Å². The zero-order valence-electron chi connectivity index (χ0n) is 9.96. The molecule has 1 aromatic carbocycles. The molecule has 0 fully saturated rings. The van der Waals surface area contributed by atoms with Crippen molar-refractivity contribution < 1.29 is 4.79 Å². The Bertz CT molecular complexity index is 363. The lowest BCUT2D eigenvalue weighted by atomic mass is 10.1. The molecule has 1 aromatic rings. The van der Waals surface area contributed by atoms with Crippen LogP contribution >= 0.6 is 11.6 Å². The lowest BCUT2D eigenvalue weighted by Gasteiger charge is -2.17. The smallest absolute Gasteiger partial charge is 0.224 e. The Labute approximate surface area is 102 Å². The van der Waals surface area contributed by atoms with Gasteiger partial charge in [0.25, 0.3) is 0 Å². The Hall–Kier alpha value is -1.02. The highest BCUT2D eigenvalue weighted by atomic mass is 35.5. The highest BCUT2D eigenvalue weighted by molar-refractivity contribution is 6.31. The molecule has 1 rings (SSSR count). The van der Waals surface area contributed by atoms with Crippen LogP contribution < -0.4 is 5.32 Å². The zero-order valence-corrected chi connectivity index (χ0v) is 10.7. The summed E-state index contributed by atoms with van der Waals surface area (Å²) in [7, 11) is 0. The zero-order chi connectivity index (χ0) is 12.1. The number of halogens is 1. The quantitative estimate of drug-likeness (QED) is 0.860. The average molecular weight is 240 g/mol. The topological polar surface area (TPSA) is 29.1 Å². The van der Waals surface area contributed by atoms with Gasteiger partial charge < -0.3 is 5.32 Å². The van der Waals surface area contributed by atoms with Crippen molar-refractivity contribution in [1.82, 2.24) is 5.32 Å². The van der Waals surface area contributed by atoms with Crippen molar-refractivity contribution >= 4 is 17.5 Å². The first-order chi connectivity index (χ1) is 7.50. The van der Waals surface area contributed by atoms with Crippen molar-refractivity contribution in [2.45, 2.75) is 33.2 Å². The molecule has 0 unspecified atom stereocenters. The van der Waals surface area contributed by atoms with E-state index in [1.165, 1.54) is 0 Å². The molecule has 3 heteroatoms. The van der Waals surface area contributed by atoms with Crippen LogP contribution in [0.4, 0.5) is 0 Å². The molecule has 2 nitrogen and oxygen atoms in total. The summed E-state index contributed by atoms with van der Waals surface area (Å²) >= 11 is 5.99. The van der Waals surface area contributed by atoms with Gasteiger partial charge in [-0.25, -0.2) is 0 Å². The molecule has 88 valence electrons. The Morgan fingerprint density at radius 2 is 1.94 bits per heavy atom. The second-order valence-corrected chi connectivity index (χ2v) is 4.78. The van der Waals surface area contributed by atoms with Crippen LogP contribution in [0.5, 0.6) is 0 Å². The fourth-order valence-electron chi connectivity index (χ4n) is 1.29. The number of rotatable bonds is 4. The Morgan fingerprint density at radius 1 is 1.31 bits per heavy atom. The number of carbonyl (C=O) groups is 1. The number of amides is 1. The molecule has 0 aliphatic carbocycles. The van der Waals surface area contributed by atoms with Gasteiger partial charge in [-0.15, -0.1) is 0 Å². The van der Waals surface area contributed by atoms with Gasteiger partial charge in [-0.3, -0.25) is 4.79 Å². The van der Waals surface area contributed by atoms with Gasteiger partial charge in [0, 0.05) is 11.1 Å². The van der Waals surface area contributed by atoms with Gasteiger partial charge in [0.05, 0.1) is 6.42 Å². The van der Waals surface area contributed by atoms with E-state index in [4.69, 9.17) is 11.6 Å². The molecule has 16 heavy (non-hydrogen) atoms. The Balaban J connectivity index is 2.55. The monoisotopic (exact) mass is 239 g/mol. The van der Waals surface area contributed by atoms with Crippen LogP contribution in [0.3, 0.4) is 0 Å². The summed E-state index contributed by atoms with van der Waals surface area (Å²) in [6.07, 6.45) is 0.344. The molecule has 0 aliphatic heterocycles. The molecule has 0 aliphatic rings. The number of hydrogen-bond donors (Lipinski definition) is 1. The normalized spacial score (nSPS) is 12.6. The van der Waals surface area contributed by atoms with E-state index >= 15 is 0 Å². The number of carbonyl (C=O) groups excluding carboxylic acids is 1. The number of nitrogens with one attached hydrogen (secondary N) is 1. The maximum absolute atomic E-state index is 11.7. The van der Waals surface area contributed by atoms with Crippen LogP contribution in [0.1, 0.15) is 26.3 Å². The largest absolute Gasteiger partial charge is 0.353 e. The summed E-state index contributed by atoms with van der Waals surface area (Å²) in [5.74, 6) is 0.462. The number of benzene rings is 1. The van der Waals surface area contributed by atoms with E-state index in [2.05, 4.69) is 19.2 Å². The summed E-state index contributed by atoms with van der Waals surface area (Å²) in [5.41, 5.74) is 0.873. The van der Waals surface area contributed by atoms with E-state index < -0.39 is 0 Å². The minimum atomic E-state index is 0.0225. The molecule has 1 N–H and O–H groups in total. The van der Waals surface area contributed by atoms with Gasteiger partial charge >= 0.3 is 0 Å². The molecule has 0 saturated carbocycles. The highest BCUT2D eigenvalue weighted by Crippen LogP contribution is 2.15. The van der Waals surface area contributed by atoms with E-state index in [1.54, 1.807) is 6.07 Å². The first-order valence-electron chi connectivity index (χ1n) is 5.53. The minimum absolute atomic E-state index is 0.0225. The van der Waals surface area contributed by atoms with E-state index in [9.17, 15) is 4.79 Å². The lowest BCUT2D eigenvalue weighted by Crippen LogP contribution is -2.37. The third-order valence-corrected chi connectivity index (χ3v) is 3.07. The summed E-state index contributed by atoms with van der Waals surface area (Å²) in [5, 5.41) is 3.61. The van der Waals surface area contributed by atoms with E-state index in [-0.39, 0.29) is 11.9 Å². The lowest BCUT2D eigenvalue weighted by molar-refractivity contribution is -0.121. The van der Waals surface area contributed by atoms with Crippen molar-refractivity contribution in [1.29, 1.82) is 0 Å². The van der Waals surface area contributed by atoms with Gasteiger partial charge in [-0.1, -0.05) is 43.6 Å². The van der Waals surface area contributed by atoms with Crippen LogP contribution in [0.15, 0.2) is 24.3 Å². The molecule has 0 bridgehead atoms. The molecule has 0 saturated heterocycles. The molecule has 0 radical (unpaired) electrons. The molecule has 0 spiro atoms. The van der Waals surface area contributed by atoms with Crippen LogP contribution in [0.25, 0.3) is 0 Å². The summed E-state index contributed by atoms with van der Waals surface area (Å²) in [4.78, 5) is 11.7. The standard InChI is InChI=1S/C13H18ClNO/c1-9(2)10(3)15-13(16)8-11-6-4-5-7-12(11)14/h4-7,9-10H,8H2,1-3H3,(H,15,16)/t10-/m1/s1. The molecular weight excluding hydrogens is 222 g/mol. The third-order valence-electron chi connectivity index (χ3n) is 2.70. The van der Waals surface area contributed by atoms with E-state index in [0.29, 0.717) is 17.4 Å². The van der Waals surface area contributed by atoms with E-state index in [1.807, 2.05) is 25.1 Å². The Kier molecular flexibility index (Phi) is 4.81. The van der Waals surface area contributed by atoms with Crippen LogP contribution in [0, 0.1) is 5.92 Å². The SMILES string of the molecule is CC(C)[C@@H](C)NC(=O)Cc1ccccc1Cl.